The lowest BCUT2D eigenvalue weighted by atomic mass is 9.79. The molecule has 3 aromatic rings. The second-order valence-electron chi connectivity index (χ2n) is 9.00. The summed E-state index contributed by atoms with van der Waals surface area (Å²) in [6.45, 7) is 5.80. The second kappa shape index (κ2) is 9.46. The fraction of sp³-hybridized carbons (Fsp3) is 0.458. The zero-order valence-electron chi connectivity index (χ0n) is 19.4. The van der Waals surface area contributed by atoms with E-state index in [1.807, 2.05) is 14.0 Å². The molecule has 3 atom stereocenters. The number of rotatable bonds is 6. The number of carbonyl (C=O) groups is 1. The van der Waals surface area contributed by atoms with Crippen LogP contribution in [0.1, 0.15) is 38.7 Å². The smallest absolute Gasteiger partial charge is 0.269 e. The molecule has 0 radical (unpaired) electrons. The van der Waals surface area contributed by atoms with Crippen molar-refractivity contribution >= 4 is 43.8 Å². The van der Waals surface area contributed by atoms with E-state index in [1.165, 1.54) is 22.1 Å². The molecule has 176 valence electrons. The maximum absolute atomic E-state index is 13.3. The summed E-state index contributed by atoms with van der Waals surface area (Å²) in [6, 6.07) is 8.90. The molecule has 1 aromatic carbocycles. The minimum Gasteiger partial charge on any atom is -0.356 e. The molecule has 7 nitrogen and oxygen atoms in total. The first-order chi connectivity index (χ1) is 15.7. The molecule has 1 fully saturated rings. The summed E-state index contributed by atoms with van der Waals surface area (Å²) in [5.41, 5.74) is 1.38. The van der Waals surface area contributed by atoms with Gasteiger partial charge in [-0.05, 0) is 56.2 Å². The van der Waals surface area contributed by atoms with Crippen LogP contribution in [0.15, 0.2) is 47.8 Å². The van der Waals surface area contributed by atoms with Crippen LogP contribution in [0, 0.1) is 18.8 Å². The van der Waals surface area contributed by atoms with Crippen LogP contribution in [0.25, 0.3) is 11.0 Å². The van der Waals surface area contributed by atoms with Crippen molar-refractivity contribution in [1.82, 2.24) is 13.9 Å². The number of nitrogens with zero attached hydrogens (tertiary/aromatic N) is 4. The topological polar surface area (TPSA) is 85.2 Å². The first-order valence-corrected chi connectivity index (χ1v) is 13.6. The lowest BCUT2D eigenvalue weighted by Gasteiger charge is -2.40. The second-order valence-corrected chi connectivity index (χ2v) is 12.0. The van der Waals surface area contributed by atoms with Gasteiger partial charge in [0.15, 0.2) is 10.8 Å². The van der Waals surface area contributed by atoms with Gasteiger partial charge >= 0.3 is 0 Å². The monoisotopic (exact) mass is 486 g/mol. The predicted octanol–water partition coefficient (Wildman–Crippen LogP) is 4.50. The molecule has 9 heteroatoms. The number of carbonyl (C=O) groups excluding carboxylic acids is 1. The first-order valence-electron chi connectivity index (χ1n) is 11.2. The summed E-state index contributed by atoms with van der Waals surface area (Å²) in [6.07, 6.45) is 6.14. The number of aryl methyl sites for hydroxylation is 1. The lowest BCUT2D eigenvalue weighted by molar-refractivity contribution is -0.109. The van der Waals surface area contributed by atoms with E-state index in [9.17, 15) is 13.2 Å². The van der Waals surface area contributed by atoms with Crippen LogP contribution in [0.5, 0.6) is 0 Å². The van der Waals surface area contributed by atoms with Gasteiger partial charge in [-0.1, -0.05) is 36.4 Å². The van der Waals surface area contributed by atoms with Gasteiger partial charge in [0.25, 0.3) is 10.0 Å². The van der Waals surface area contributed by atoms with E-state index in [0.29, 0.717) is 23.5 Å². The molecule has 0 aliphatic heterocycles. The van der Waals surface area contributed by atoms with Gasteiger partial charge in [0.05, 0.1) is 10.3 Å². The molecule has 33 heavy (non-hydrogen) atoms. The van der Waals surface area contributed by atoms with Gasteiger partial charge in [-0.25, -0.2) is 22.4 Å². The van der Waals surface area contributed by atoms with Gasteiger partial charge in [0, 0.05) is 32.0 Å². The number of fused-ring (bicyclic) bond motifs is 1. The summed E-state index contributed by atoms with van der Waals surface area (Å²) >= 11 is 1.42. The summed E-state index contributed by atoms with van der Waals surface area (Å²) in [5.74, 6) is 2.61. The van der Waals surface area contributed by atoms with E-state index in [4.69, 9.17) is 0 Å². The highest BCUT2D eigenvalue weighted by atomic mass is 32.2. The SMILES string of the molecule is CC(=O)SC[C@@H]1CCC(N(C)c2ncnc3c2ccn3S(=O)(=O)c2ccc(C)cc2)C(C)C1. The number of benzene rings is 1. The van der Waals surface area contributed by atoms with E-state index < -0.39 is 10.0 Å². The minimum absolute atomic E-state index is 0.176. The zero-order chi connectivity index (χ0) is 23.8. The Morgan fingerprint density at radius 3 is 2.58 bits per heavy atom. The number of anilines is 1. The third kappa shape index (κ3) is 4.80. The molecule has 1 aliphatic carbocycles. The summed E-state index contributed by atoms with van der Waals surface area (Å²) in [5, 5.41) is 0.896. The Hall–Kier alpha value is -2.39. The van der Waals surface area contributed by atoms with Crippen molar-refractivity contribution < 1.29 is 13.2 Å². The maximum Gasteiger partial charge on any atom is 0.269 e. The maximum atomic E-state index is 13.3. The Kier molecular flexibility index (Phi) is 6.81. The molecule has 2 unspecified atom stereocenters. The van der Waals surface area contributed by atoms with Gasteiger partial charge < -0.3 is 4.90 Å². The quantitative estimate of drug-likeness (QED) is 0.507. The molecule has 2 aromatic heterocycles. The van der Waals surface area contributed by atoms with E-state index in [2.05, 4.69) is 21.8 Å². The Morgan fingerprint density at radius 2 is 1.91 bits per heavy atom. The highest BCUT2D eigenvalue weighted by Crippen LogP contribution is 2.37. The van der Waals surface area contributed by atoms with Crippen LogP contribution >= 0.6 is 11.8 Å². The Labute approximate surface area is 199 Å². The van der Waals surface area contributed by atoms with Gasteiger partial charge in [0.2, 0.25) is 0 Å². The molecular formula is C24H30N4O3S2. The average Bonchev–Trinajstić information content (AvgIpc) is 3.23. The van der Waals surface area contributed by atoms with Crippen molar-refractivity contribution in [2.24, 2.45) is 11.8 Å². The predicted molar refractivity (Wildman–Crippen MR) is 133 cm³/mol. The van der Waals surface area contributed by atoms with Crippen molar-refractivity contribution in [2.45, 2.75) is 51.0 Å². The molecule has 0 bridgehead atoms. The highest BCUT2D eigenvalue weighted by molar-refractivity contribution is 8.13. The third-order valence-corrected chi connectivity index (χ3v) is 9.32. The van der Waals surface area contributed by atoms with Crippen molar-refractivity contribution in [3.8, 4) is 0 Å². The first kappa shape index (κ1) is 23.8. The van der Waals surface area contributed by atoms with Gasteiger partial charge in [-0.15, -0.1) is 0 Å². The third-order valence-electron chi connectivity index (χ3n) is 6.59. The molecule has 0 N–H and O–H groups in total. The average molecular weight is 487 g/mol. The molecule has 0 saturated heterocycles. The lowest BCUT2D eigenvalue weighted by Crippen LogP contribution is -2.41. The molecule has 0 amide bonds. The van der Waals surface area contributed by atoms with E-state index >= 15 is 0 Å². The Morgan fingerprint density at radius 1 is 1.18 bits per heavy atom. The number of aromatic nitrogens is 3. The van der Waals surface area contributed by atoms with Crippen LogP contribution in [-0.2, 0) is 14.8 Å². The zero-order valence-corrected chi connectivity index (χ0v) is 21.1. The van der Waals surface area contributed by atoms with Crippen molar-refractivity contribution in [2.75, 3.05) is 17.7 Å². The minimum atomic E-state index is -3.76. The van der Waals surface area contributed by atoms with E-state index in [1.54, 1.807) is 43.5 Å². The van der Waals surface area contributed by atoms with Crippen LogP contribution < -0.4 is 4.90 Å². The molecular weight excluding hydrogens is 456 g/mol. The van der Waals surface area contributed by atoms with Crippen LogP contribution in [0.3, 0.4) is 0 Å². The van der Waals surface area contributed by atoms with Crippen LogP contribution in [-0.4, -0.2) is 46.3 Å². The standard InChI is InChI=1S/C24H30N4O3S2/c1-16-5-8-20(9-6-16)33(30,31)28-12-11-21-23(25-15-26-24(21)28)27(4)22-10-7-19(13-17(22)2)14-32-18(3)29/h5-6,8-9,11-12,15,17,19,22H,7,10,13-14H2,1-4H3/t17?,19-,22?/m1/s1. The Bertz CT molecular complexity index is 1250. The number of hydrogen-bond acceptors (Lipinski definition) is 7. The summed E-state index contributed by atoms with van der Waals surface area (Å²) in [4.78, 5) is 22.6. The van der Waals surface area contributed by atoms with Gasteiger partial charge in [0.1, 0.15) is 12.1 Å². The fourth-order valence-corrected chi connectivity index (χ4v) is 6.90. The fourth-order valence-electron chi connectivity index (χ4n) is 4.82. The summed E-state index contributed by atoms with van der Waals surface area (Å²) < 4.78 is 27.8. The normalized spacial score (nSPS) is 21.3. The Balaban J connectivity index is 1.60. The van der Waals surface area contributed by atoms with Crippen LogP contribution in [0.4, 0.5) is 5.82 Å². The van der Waals surface area contributed by atoms with Gasteiger partial charge in [-0.3, -0.25) is 4.79 Å². The number of thioether (sulfide) groups is 1. The van der Waals surface area contributed by atoms with Crippen molar-refractivity contribution in [1.29, 1.82) is 0 Å². The number of hydrogen-bond donors (Lipinski definition) is 0. The van der Waals surface area contributed by atoms with Gasteiger partial charge in [-0.2, -0.15) is 0 Å². The van der Waals surface area contributed by atoms with E-state index in [0.717, 1.165) is 41.8 Å². The van der Waals surface area contributed by atoms with E-state index in [-0.39, 0.29) is 10.0 Å². The summed E-state index contributed by atoms with van der Waals surface area (Å²) in [7, 11) is -1.73. The molecule has 1 saturated carbocycles. The molecule has 0 spiro atoms. The van der Waals surface area contributed by atoms with Crippen molar-refractivity contribution in [3.05, 3.63) is 48.4 Å². The molecule has 1 aliphatic rings. The largest absolute Gasteiger partial charge is 0.356 e. The van der Waals surface area contributed by atoms with Crippen LogP contribution in [0.2, 0.25) is 0 Å². The molecule has 4 rings (SSSR count). The van der Waals surface area contributed by atoms with Crippen molar-refractivity contribution in [3.63, 3.8) is 0 Å². The highest BCUT2D eigenvalue weighted by Gasteiger charge is 2.32. The molecule has 2 heterocycles.